The molecule has 1 aliphatic rings. The number of nitrogens with two attached hydrogens (primary N) is 1. The van der Waals surface area contributed by atoms with Crippen molar-refractivity contribution in [1.82, 2.24) is 10.3 Å². The second-order valence-electron chi connectivity index (χ2n) is 6.38. The summed E-state index contributed by atoms with van der Waals surface area (Å²) >= 11 is 0. The summed E-state index contributed by atoms with van der Waals surface area (Å²) < 4.78 is 5.30. The van der Waals surface area contributed by atoms with Crippen molar-refractivity contribution < 1.29 is 9.53 Å². The van der Waals surface area contributed by atoms with Crippen LogP contribution >= 0.6 is 0 Å². The van der Waals surface area contributed by atoms with Gasteiger partial charge in [-0.05, 0) is 39.7 Å². The average Bonchev–Trinajstić information content (AvgIpc) is 2.36. The molecule has 1 aromatic rings. The fourth-order valence-corrected chi connectivity index (χ4v) is 2.38. The summed E-state index contributed by atoms with van der Waals surface area (Å²) in [4.78, 5) is 18.3. The van der Waals surface area contributed by atoms with Gasteiger partial charge in [-0.15, -0.1) is 0 Å². The van der Waals surface area contributed by atoms with Gasteiger partial charge in [-0.1, -0.05) is 0 Å². The van der Waals surface area contributed by atoms with Gasteiger partial charge in [-0.3, -0.25) is 0 Å². The van der Waals surface area contributed by atoms with E-state index in [0.717, 1.165) is 31.7 Å². The zero-order chi connectivity index (χ0) is 15.5. The van der Waals surface area contributed by atoms with Crippen molar-refractivity contribution in [2.75, 3.05) is 23.7 Å². The molecule has 1 atom stereocenters. The van der Waals surface area contributed by atoms with Crippen LogP contribution in [0.2, 0.25) is 0 Å². The van der Waals surface area contributed by atoms with E-state index >= 15 is 0 Å². The Bertz CT molecular complexity index is 499. The number of aromatic nitrogens is 1. The van der Waals surface area contributed by atoms with Crippen LogP contribution in [0.5, 0.6) is 0 Å². The predicted molar refractivity (Wildman–Crippen MR) is 83.3 cm³/mol. The van der Waals surface area contributed by atoms with Crippen molar-refractivity contribution >= 4 is 17.6 Å². The highest BCUT2D eigenvalue weighted by molar-refractivity contribution is 5.68. The normalized spacial score (nSPS) is 19.2. The van der Waals surface area contributed by atoms with E-state index in [1.165, 1.54) is 0 Å². The first-order chi connectivity index (χ1) is 9.83. The maximum Gasteiger partial charge on any atom is 0.407 e. The number of carbonyl (C=O) groups is 1. The number of piperidine rings is 1. The van der Waals surface area contributed by atoms with Gasteiger partial charge < -0.3 is 20.7 Å². The molecule has 0 aliphatic carbocycles. The van der Waals surface area contributed by atoms with E-state index in [-0.39, 0.29) is 12.1 Å². The number of amides is 1. The van der Waals surface area contributed by atoms with Crippen LogP contribution in [-0.4, -0.2) is 35.8 Å². The van der Waals surface area contributed by atoms with E-state index in [0.29, 0.717) is 5.69 Å². The number of pyridine rings is 1. The Hall–Kier alpha value is -1.98. The summed E-state index contributed by atoms with van der Waals surface area (Å²) in [6.07, 6.45) is 3.28. The zero-order valence-corrected chi connectivity index (χ0v) is 12.9. The molecule has 0 bridgehead atoms. The van der Waals surface area contributed by atoms with Crippen LogP contribution in [0.15, 0.2) is 18.3 Å². The molecule has 6 heteroatoms. The van der Waals surface area contributed by atoms with Crippen LogP contribution in [0.25, 0.3) is 0 Å². The molecular weight excluding hydrogens is 268 g/mol. The number of hydrogen-bond acceptors (Lipinski definition) is 5. The molecule has 2 heterocycles. The predicted octanol–water partition coefficient (Wildman–Crippen LogP) is 2.16. The first kappa shape index (κ1) is 15.4. The van der Waals surface area contributed by atoms with E-state index < -0.39 is 5.60 Å². The second kappa shape index (κ2) is 6.20. The molecule has 1 aliphatic heterocycles. The highest BCUT2D eigenvalue weighted by Gasteiger charge is 2.24. The van der Waals surface area contributed by atoms with Crippen LogP contribution in [0.1, 0.15) is 33.6 Å². The van der Waals surface area contributed by atoms with Gasteiger partial charge >= 0.3 is 6.09 Å². The van der Waals surface area contributed by atoms with Crippen LogP contribution in [0, 0.1) is 0 Å². The van der Waals surface area contributed by atoms with Crippen molar-refractivity contribution in [3.63, 3.8) is 0 Å². The minimum atomic E-state index is -0.478. The maximum atomic E-state index is 11.8. The van der Waals surface area contributed by atoms with Crippen LogP contribution in [-0.2, 0) is 4.74 Å². The first-order valence-corrected chi connectivity index (χ1v) is 7.29. The van der Waals surface area contributed by atoms with Gasteiger partial charge in [0, 0.05) is 37.1 Å². The molecule has 3 N–H and O–H groups in total. The largest absolute Gasteiger partial charge is 0.444 e. The number of nitrogen functional groups attached to an aromatic ring is 1. The Balaban J connectivity index is 1.93. The third-order valence-corrected chi connectivity index (χ3v) is 3.24. The van der Waals surface area contributed by atoms with Crippen molar-refractivity contribution in [2.45, 2.75) is 45.3 Å². The number of alkyl carbamates (subject to hydrolysis) is 1. The van der Waals surface area contributed by atoms with Gasteiger partial charge in [0.25, 0.3) is 0 Å². The lowest BCUT2D eigenvalue weighted by atomic mass is 10.1. The fraction of sp³-hybridized carbons (Fsp3) is 0.600. The number of hydrogen-bond donors (Lipinski definition) is 2. The standard InChI is InChI=1S/C15H24N4O2/c1-15(2,3)21-14(20)18-12-5-4-8-19(10-12)13-9-11(16)6-7-17-13/h6-7,9,12H,4-5,8,10H2,1-3H3,(H2,16,17)(H,18,20)/t12-/m1/s1. The average molecular weight is 292 g/mol. The third kappa shape index (κ3) is 4.81. The monoisotopic (exact) mass is 292 g/mol. The molecule has 1 amide bonds. The number of carbonyl (C=O) groups excluding carboxylic acids is 1. The second-order valence-corrected chi connectivity index (χ2v) is 6.38. The lowest BCUT2D eigenvalue weighted by Gasteiger charge is -2.34. The zero-order valence-electron chi connectivity index (χ0n) is 12.9. The Labute approximate surface area is 125 Å². The summed E-state index contributed by atoms with van der Waals surface area (Å²) in [5, 5.41) is 2.93. The SMILES string of the molecule is CC(C)(C)OC(=O)N[C@@H]1CCCN(c2cc(N)ccn2)C1. The molecule has 0 saturated carbocycles. The Morgan fingerprint density at radius 3 is 2.95 bits per heavy atom. The van der Waals surface area contributed by atoms with Gasteiger partial charge in [-0.25, -0.2) is 9.78 Å². The minimum absolute atomic E-state index is 0.0665. The Morgan fingerprint density at radius 1 is 1.52 bits per heavy atom. The smallest absolute Gasteiger partial charge is 0.407 e. The van der Waals surface area contributed by atoms with Gasteiger partial charge in [-0.2, -0.15) is 0 Å². The summed E-state index contributed by atoms with van der Waals surface area (Å²) in [6.45, 7) is 7.21. The molecular formula is C15H24N4O2. The highest BCUT2D eigenvalue weighted by Crippen LogP contribution is 2.19. The first-order valence-electron chi connectivity index (χ1n) is 7.29. The number of nitrogens with zero attached hydrogens (tertiary/aromatic N) is 2. The van der Waals surface area contributed by atoms with Crippen LogP contribution in [0.4, 0.5) is 16.3 Å². The summed E-state index contributed by atoms with van der Waals surface area (Å²) in [6, 6.07) is 3.69. The van der Waals surface area contributed by atoms with Gasteiger partial charge in [0.05, 0.1) is 0 Å². The molecule has 2 rings (SSSR count). The summed E-state index contributed by atoms with van der Waals surface area (Å²) in [5.74, 6) is 0.852. The highest BCUT2D eigenvalue weighted by atomic mass is 16.6. The third-order valence-electron chi connectivity index (χ3n) is 3.24. The number of ether oxygens (including phenoxy) is 1. The molecule has 0 unspecified atom stereocenters. The van der Waals surface area contributed by atoms with Crippen LogP contribution in [0.3, 0.4) is 0 Å². The van der Waals surface area contributed by atoms with Crippen LogP contribution < -0.4 is 16.0 Å². The lowest BCUT2D eigenvalue weighted by Crippen LogP contribution is -2.49. The summed E-state index contributed by atoms with van der Waals surface area (Å²) in [5.41, 5.74) is 6.01. The summed E-state index contributed by atoms with van der Waals surface area (Å²) in [7, 11) is 0. The van der Waals surface area contributed by atoms with E-state index in [4.69, 9.17) is 10.5 Å². The molecule has 1 aromatic heterocycles. The Morgan fingerprint density at radius 2 is 2.29 bits per heavy atom. The van der Waals surface area contributed by atoms with E-state index in [1.807, 2.05) is 26.8 Å². The van der Waals surface area contributed by atoms with Gasteiger partial charge in [0.15, 0.2) is 0 Å². The van der Waals surface area contributed by atoms with E-state index in [2.05, 4.69) is 15.2 Å². The van der Waals surface area contributed by atoms with Crippen molar-refractivity contribution in [1.29, 1.82) is 0 Å². The van der Waals surface area contributed by atoms with Crippen molar-refractivity contribution in [3.05, 3.63) is 18.3 Å². The minimum Gasteiger partial charge on any atom is -0.444 e. The lowest BCUT2D eigenvalue weighted by molar-refractivity contribution is 0.0500. The number of anilines is 2. The quantitative estimate of drug-likeness (QED) is 0.873. The maximum absolute atomic E-state index is 11.8. The molecule has 0 radical (unpaired) electrons. The molecule has 6 nitrogen and oxygen atoms in total. The molecule has 0 aromatic carbocycles. The van der Waals surface area contributed by atoms with Crippen molar-refractivity contribution in [2.24, 2.45) is 0 Å². The molecule has 1 fully saturated rings. The molecule has 116 valence electrons. The number of rotatable bonds is 2. The van der Waals surface area contributed by atoms with Crippen molar-refractivity contribution in [3.8, 4) is 0 Å². The topological polar surface area (TPSA) is 80.5 Å². The van der Waals surface area contributed by atoms with E-state index in [1.54, 1.807) is 12.3 Å². The molecule has 21 heavy (non-hydrogen) atoms. The van der Waals surface area contributed by atoms with Gasteiger partial charge in [0.2, 0.25) is 0 Å². The van der Waals surface area contributed by atoms with E-state index in [9.17, 15) is 4.79 Å². The number of nitrogens with one attached hydrogen (secondary N) is 1. The molecule has 1 saturated heterocycles. The van der Waals surface area contributed by atoms with Gasteiger partial charge in [0.1, 0.15) is 11.4 Å². The Kier molecular flexibility index (Phi) is 4.55. The molecule has 0 spiro atoms. The fourth-order valence-electron chi connectivity index (χ4n) is 2.38.